The highest BCUT2D eigenvalue weighted by Gasteiger charge is 2.30. The summed E-state index contributed by atoms with van der Waals surface area (Å²) in [6.07, 6.45) is 0.425. The van der Waals surface area contributed by atoms with Crippen LogP contribution in [0.25, 0.3) is 0 Å². The largest absolute Gasteiger partial charge is 0.480 e. The summed E-state index contributed by atoms with van der Waals surface area (Å²) in [6, 6.07) is -4.64. The predicted octanol–water partition coefficient (Wildman–Crippen LogP) is -3.52. The van der Waals surface area contributed by atoms with Crippen LogP contribution in [-0.4, -0.2) is 82.9 Å². The first-order valence-electron chi connectivity index (χ1n) is 9.61. The minimum Gasteiger partial charge on any atom is -0.480 e. The number of rotatable bonds is 14. The predicted molar refractivity (Wildman–Crippen MR) is 117 cm³/mol. The van der Waals surface area contributed by atoms with Gasteiger partial charge < -0.3 is 43.4 Å². The van der Waals surface area contributed by atoms with Crippen molar-refractivity contribution in [2.24, 2.45) is 28.1 Å². The fraction of sp³-hybridized carbons (Fsp3) is 0.706. The molecule has 0 aromatic carbocycles. The number of nitrogens with one attached hydrogen (secondary N) is 3. The number of hydrogen-bond donors (Lipinski definition) is 9. The Morgan fingerprint density at radius 1 is 1.00 bits per heavy atom. The fourth-order valence-corrected chi connectivity index (χ4v) is 2.62. The van der Waals surface area contributed by atoms with Gasteiger partial charge in [0.1, 0.15) is 24.2 Å². The second-order valence-corrected chi connectivity index (χ2v) is 7.48. The van der Waals surface area contributed by atoms with Crippen molar-refractivity contribution in [2.75, 3.05) is 18.9 Å². The molecule has 4 atom stereocenters. The molecule has 11 N–H and O–H groups in total. The van der Waals surface area contributed by atoms with E-state index in [0.717, 1.165) is 0 Å². The van der Waals surface area contributed by atoms with Gasteiger partial charge in [-0.3, -0.25) is 19.4 Å². The molecule has 0 aliphatic rings. The van der Waals surface area contributed by atoms with E-state index in [4.69, 9.17) is 22.3 Å². The molecular formula is C17H33N7O6S. The third-order valence-corrected chi connectivity index (χ3v) is 4.52. The van der Waals surface area contributed by atoms with Gasteiger partial charge in [-0.15, -0.1) is 0 Å². The van der Waals surface area contributed by atoms with Crippen LogP contribution >= 0.6 is 12.6 Å². The number of carbonyl (C=O) groups is 4. The lowest BCUT2D eigenvalue weighted by atomic mass is 10.0. The Morgan fingerprint density at radius 2 is 1.55 bits per heavy atom. The number of aliphatic hydroxyl groups is 1. The van der Waals surface area contributed by atoms with Crippen LogP contribution in [0.4, 0.5) is 0 Å². The molecule has 0 bridgehead atoms. The van der Waals surface area contributed by atoms with E-state index < -0.39 is 54.5 Å². The quantitative estimate of drug-likeness (QED) is 0.0536. The standard InChI is InChI=1S/C17H33N7O6S/c1-8(2)12(16(29)30)24-15(28)11(7-31)23-14(27)10(4-3-5-21-17(19)20)22-13(26)9(18)6-25/h8-12,25,31H,3-7,18H2,1-2H3,(H,22,26)(H,23,27)(H,24,28)(H,29,30)(H4,19,20,21). The number of guanidine groups is 1. The Hall–Kier alpha value is -2.58. The van der Waals surface area contributed by atoms with Gasteiger partial charge in [0.05, 0.1) is 6.61 Å². The number of nitrogens with zero attached hydrogens (tertiary/aromatic N) is 1. The number of hydrogen-bond acceptors (Lipinski definition) is 8. The van der Waals surface area contributed by atoms with Crippen LogP contribution in [0.2, 0.25) is 0 Å². The number of aliphatic hydroxyl groups excluding tert-OH is 1. The first-order chi connectivity index (χ1) is 14.4. The summed E-state index contributed by atoms with van der Waals surface area (Å²) in [5.41, 5.74) is 16.0. The second kappa shape index (κ2) is 14.4. The van der Waals surface area contributed by atoms with Gasteiger partial charge >= 0.3 is 5.97 Å². The molecule has 0 radical (unpaired) electrons. The lowest BCUT2D eigenvalue weighted by Crippen LogP contribution is -2.58. The summed E-state index contributed by atoms with van der Waals surface area (Å²) in [7, 11) is 0. The molecule has 14 heteroatoms. The van der Waals surface area contributed by atoms with Crippen molar-refractivity contribution < 1.29 is 29.4 Å². The zero-order valence-electron chi connectivity index (χ0n) is 17.6. The molecule has 0 fully saturated rings. The van der Waals surface area contributed by atoms with Gasteiger partial charge in [0, 0.05) is 12.3 Å². The van der Waals surface area contributed by atoms with Gasteiger partial charge in [0.25, 0.3) is 0 Å². The monoisotopic (exact) mass is 463 g/mol. The minimum absolute atomic E-state index is 0.108. The molecule has 3 amide bonds. The van der Waals surface area contributed by atoms with Crippen molar-refractivity contribution in [1.29, 1.82) is 0 Å². The number of amides is 3. The number of aliphatic imine (C=N–C) groups is 1. The molecule has 31 heavy (non-hydrogen) atoms. The Bertz CT molecular complexity index is 657. The molecule has 0 rings (SSSR count). The normalized spacial score (nSPS) is 14.6. The van der Waals surface area contributed by atoms with Gasteiger partial charge in [0.2, 0.25) is 17.7 Å². The van der Waals surface area contributed by atoms with Crippen LogP contribution in [0.15, 0.2) is 4.99 Å². The van der Waals surface area contributed by atoms with Crippen LogP contribution < -0.4 is 33.2 Å². The third kappa shape index (κ3) is 10.8. The highest BCUT2D eigenvalue weighted by atomic mass is 32.1. The topological polar surface area (TPSA) is 235 Å². The van der Waals surface area contributed by atoms with Crippen molar-refractivity contribution >= 4 is 42.3 Å². The SMILES string of the molecule is CC(C)C(NC(=O)C(CS)NC(=O)C(CCCN=C(N)N)NC(=O)C(N)CO)C(=O)O. The third-order valence-electron chi connectivity index (χ3n) is 4.16. The number of thiol groups is 1. The zero-order chi connectivity index (χ0) is 24.1. The van der Waals surface area contributed by atoms with Crippen LogP contribution in [0.3, 0.4) is 0 Å². The molecule has 0 saturated carbocycles. The van der Waals surface area contributed by atoms with E-state index in [2.05, 4.69) is 33.6 Å². The van der Waals surface area contributed by atoms with Crippen molar-refractivity contribution in [3.8, 4) is 0 Å². The fourth-order valence-electron chi connectivity index (χ4n) is 2.37. The highest BCUT2D eigenvalue weighted by Crippen LogP contribution is 2.04. The van der Waals surface area contributed by atoms with Crippen LogP contribution in [0, 0.1) is 5.92 Å². The molecular weight excluding hydrogens is 430 g/mol. The minimum atomic E-state index is -1.24. The summed E-state index contributed by atoms with van der Waals surface area (Å²) in [6.45, 7) is 2.82. The molecule has 0 heterocycles. The van der Waals surface area contributed by atoms with E-state index in [1.54, 1.807) is 13.8 Å². The average Bonchev–Trinajstić information content (AvgIpc) is 2.70. The first-order valence-corrected chi connectivity index (χ1v) is 10.2. The summed E-state index contributed by atoms with van der Waals surface area (Å²) in [5.74, 6) is -4.06. The lowest BCUT2D eigenvalue weighted by molar-refractivity contribution is -0.143. The maximum atomic E-state index is 12.7. The first kappa shape index (κ1) is 28.4. The average molecular weight is 464 g/mol. The summed E-state index contributed by atoms with van der Waals surface area (Å²) in [4.78, 5) is 52.2. The van der Waals surface area contributed by atoms with Crippen molar-refractivity contribution in [2.45, 2.75) is 50.9 Å². The molecule has 0 aliphatic heterocycles. The molecule has 0 aromatic heterocycles. The lowest BCUT2D eigenvalue weighted by Gasteiger charge is -2.25. The number of carboxylic acid groups (broad SMARTS) is 1. The smallest absolute Gasteiger partial charge is 0.326 e. The Labute approximate surface area is 186 Å². The molecule has 4 unspecified atom stereocenters. The molecule has 13 nitrogen and oxygen atoms in total. The van der Waals surface area contributed by atoms with Crippen LogP contribution in [-0.2, 0) is 19.2 Å². The molecule has 178 valence electrons. The number of nitrogens with two attached hydrogens (primary N) is 3. The molecule has 0 saturated heterocycles. The van der Waals surface area contributed by atoms with Gasteiger partial charge in [0.15, 0.2) is 5.96 Å². The van der Waals surface area contributed by atoms with Gasteiger partial charge in [-0.1, -0.05) is 13.8 Å². The Kier molecular flexibility index (Phi) is 13.2. The van der Waals surface area contributed by atoms with Gasteiger partial charge in [-0.2, -0.15) is 12.6 Å². The van der Waals surface area contributed by atoms with Gasteiger partial charge in [-0.05, 0) is 18.8 Å². The van der Waals surface area contributed by atoms with Crippen molar-refractivity contribution in [3.63, 3.8) is 0 Å². The maximum Gasteiger partial charge on any atom is 0.326 e. The van der Waals surface area contributed by atoms with E-state index >= 15 is 0 Å². The molecule has 0 aromatic rings. The Morgan fingerprint density at radius 3 is 2.00 bits per heavy atom. The Balaban J connectivity index is 5.26. The van der Waals surface area contributed by atoms with Gasteiger partial charge in [-0.25, -0.2) is 4.79 Å². The molecule has 0 spiro atoms. The van der Waals surface area contributed by atoms with E-state index in [9.17, 15) is 24.3 Å². The summed E-state index contributed by atoms with van der Waals surface area (Å²) in [5, 5.41) is 25.4. The van der Waals surface area contributed by atoms with Crippen LogP contribution in [0.5, 0.6) is 0 Å². The van der Waals surface area contributed by atoms with E-state index in [1.165, 1.54) is 0 Å². The highest BCUT2D eigenvalue weighted by molar-refractivity contribution is 7.80. The number of carboxylic acids is 1. The van der Waals surface area contributed by atoms with E-state index in [1.807, 2.05) is 0 Å². The number of aliphatic carboxylic acids is 1. The van der Waals surface area contributed by atoms with E-state index in [0.29, 0.717) is 6.42 Å². The van der Waals surface area contributed by atoms with Crippen molar-refractivity contribution in [1.82, 2.24) is 16.0 Å². The second-order valence-electron chi connectivity index (χ2n) is 7.11. The summed E-state index contributed by atoms with van der Waals surface area (Å²) >= 11 is 4.04. The number of carbonyl (C=O) groups excluding carboxylic acids is 3. The molecule has 0 aliphatic carbocycles. The van der Waals surface area contributed by atoms with Crippen molar-refractivity contribution in [3.05, 3.63) is 0 Å². The summed E-state index contributed by atoms with van der Waals surface area (Å²) < 4.78 is 0. The zero-order valence-corrected chi connectivity index (χ0v) is 18.5. The maximum absolute atomic E-state index is 12.7. The van der Waals surface area contributed by atoms with E-state index in [-0.39, 0.29) is 30.6 Å². The van der Waals surface area contributed by atoms with Crippen LogP contribution in [0.1, 0.15) is 26.7 Å².